The van der Waals surface area contributed by atoms with Crippen LogP contribution >= 0.6 is 23.1 Å². The molecule has 134 valence electrons. The molecule has 1 aliphatic rings. The molecule has 0 radical (unpaired) electrons. The Labute approximate surface area is 158 Å². The highest BCUT2D eigenvalue weighted by Gasteiger charge is 2.32. The highest BCUT2D eigenvalue weighted by molar-refractivity contribution is 7.99. The molecule has 1 atom stereocenters. The van der Waals surface area contributed by atoms with Crippen LogP contribution in [0.3, 0.4) is 0 Å². The van der Waals surface area contributed by atoms with Crippen molar-refractivity contribution in [1.82, 2.24) is 14.5 Å². The second-order valence-electron chi connectivity index (χ2n) is 6.34. The van der Waals surface area contributed by atoms with Gasteiger partial charge in [-0.05, 0) is 49.3 Å². The SMILES string of the molecule is CC(C1CC1)n1c(SCC(=O)Nc2ccccn2)nc2sccc2c1=O. The van der Waals surface area contributed by atoms with Crippen molar-refractivity contribution in [2.24, 2.45) is 5.92 Å². The lowest BCUT2D eigenvalue weighted by Crippen LogP contribution is -2.27. The summed E-state index contributed by atoms with van der Waals surface area (Å²) >= 11 is 2.75. The first-order chi connectivity index (χ1) is 12.6. The van der Waals surface area contributed by atoms with Crippen molar-refractivity contribution in [1.29, 1.82) is 0 Å². The van der Waals surface area contributed by atoms with E-state index in [4.69, 9.17) is 0 Å². The van der Waals surface area contributed by atoms with Crippen LogP contribution in [-0.4, -0.2) is 26.2 Å². The van der Waals surface area contributed by atoms with Crippen LogP contribution in [0.4, 0.5) is 5.82 Å². The molecule has 3 aromatic heterocycles. The molecule has 0 bridgehead atoms. The van der Waals surface area contributed by atoms with Crippen LogP contribution in [0.1, 0.15) is 25.8 Å². The topological polar surface area (TPSA) is 76.9 Å². The van der Waals surface area contributed by atoms with Crippen LogP contribution in [0, 0.1) is 5.92 Å². The molecule has 6 nitrogen and oxygen atoms in total. The van der Waals surface area contributed by atoms with E-state index in [2.05, 4.69) is 22.2 Å². The summed E-state index contributed by atoms with van der Waals surface area (Å²) in [6, 6.07) is 7.28. The molecule has 1 unspecified atom stereocenters. The van der Waals surface area contributed by atoms with Crippen molar-refractivity contribution in [3.05, 3.63) is 46.2 Å². The summed E-state index contributed by atoms with van der Waals surface area (Å²) in [4.78, 5) is 34.6. The molecule has 3 heterocycles. The zero-order valence-corrected chi connectivity index (χ0v) is 15.8. The van der Waals surface area contributed by atoms with Crippen LogP contribution in [0.2, 0.25) is 0 Å². The molecule has 1 N–H and O–H groups in total. The number of rotatable bonds is 6. The summed E-state index contributed by atoms with van der Waals surface area (Å²) in [5.41, 5.74) is -0.0108. The van der Waals surface area contributed by atoms with Crippen LogP contribution < -0.4 is 10.9 Å². The average Bonchev–Trinajstić information content (AvgIpc) is 3.38. The van der Waals surface area contributed by atoms with Gasteiger partial charge in [0, 0.05) is 12.2 Å². The zero-order valence-electron chi connectivity index (χ0n) is 14.2. The van der Waals surface area contributed by atoms with Gasteiger partial charge in [-0.1, -0.05) is 17.8 Å². The zero-order chi connectivity index (χ0) is 18.1. The highest BCUT2D eigenvalue weighted by atomic mass is 32.2. The predicted molar refractivity (Wildman–Crippen MR) is 105 cm³/mol. The van der Waals surface area contributed by atoms with Crippen molar-refractivity contribution in [2.45, 2.75) is 31.0 Å². The van der Waals surface area contributed by atoms with Gasteiger partial charge in [-0.3, -0.25) is 14.2 Å². The summed E-state index contributed by atoms with van der Waals surface area (Å²) in [6.07, 6.45) is 3.91. The van der Waals surface area contributed by atoms with E-state index in [9.17, 15) is 9.59 Å². The number of aromatic nitrogens is 3. The summed E-state index contributed by atoms with van der Waals surface area (Å²) in [6.45, 7) is 2.07. The molecule has 0 aromatic carbocycles. The van der Waals surface area contributed by atoms with Crippen molar-refractivity contribution in [3.63, 3.8) is 0 Å². The van der Waals surface area contributed by atoms with Gasteiger partial charge in [-0.2, -0.15) is 0 Å². The van der Waals surface area contributed by atoms with E-state index in [1.165, 1.54) is 23.1 Å². The van der Waals surface area contributed by atoms with Gasteiger partial charge in [0.05, 0.1) is 11.1 Å². The van der Waals surface area contributed by atoms with E-state index in [1.54, 1.807) is 22.9 Å². The number of carbonyl (C=O) groups excluding carboxylic acids is 1. The van der Waals surface area contributed by atoms with E-state index in [1.807, 2.05) is 17.5 Å². The Kier molecular flexibility index (Phi) is 4.78. The van der Waals surface area contributed by atoms with Crippen LogP contribution in [0.25, 0.3) is 10.2 Å². The first-order valence-electron chi connectivity index (χ1n) is 8.47. The molecule has 0 aliphatic heterocycles. The number of thioether (sulfide) groups is 1. The molecule has 0 saturated heterocycles. The quantitative estimate of drug-likeness (QED) is 0.518. The number of amides is 1. The van der Waals surface area contributed by atoms with E-state index in [-0.39, 0.29) is 23.3 Å². The number of pyridine rings is 1. The normalized spacial score (nSPS) is 15.1. The van der Waals surface area contributed by atoms with Gasteiger partial charge in [-0.25, -0.2) is 9.97 Å². The smallest absolute Gasteiger partial charge is 0.263 e. The number of anilines is 1. The lowest BCUT2D eigenvalue weighted by atomic mass is 10.2. The Morgan fingerprint density at radius 2 is 2.27 bits per heavy atom. The molecular weight excluding hydrogens is 368 g/mol. The van der Waals surface area contributed by atoms with E-state index >= 15 is 0 Å². The van der Waals surface area contributed by atoms with Crippen molar-refractivity contribution >= 4 is 45.0 Å². The number of nitrogens with zero attached hydrogens (tertiary/aromatic N) is 3. The summed E-state index contributed by atoms with van der Waals surface area (Å²) in [7, 11) is 0. The Balaban J connectivity index is 1.57. The van der Waals surface area contributed by atoms with Crippen LogP contribution in [0.15, 0.2) is 45.8 Å². The third kappa shape index (κ3) is 3.52. The summed E-state index contributed by atoms with van der Waals surface area (Å²) in [5, 5.41) is 5.91. The maximum absolute atomic E-state index is 12.9. The molecule has 1 amide bonds. The fourth-order valence-corrected chi connectivity index (χ4v) is 4.59. The molecule has 4 rings (SSSR count). The van der Waals surface area contributed by atoms with Gasteiger partial charge in [0.25, 0.3) is 5.56 Å². The average molecular weight is 387 g/mol. The van der Waals surface area contributed by atoms with Gasteiger partial charge in [0.2, 0.25) is 5.91 Å². The molecule has 1 aliphatic carbocycles. The Morgan fingerprint density at radius 3 is 3.00 bits per heavy atom. The summed E-state index contributed by atoms with van der Waals surface area (Å²) in [5.74, 6) is 1.05. The van der Waals surface area contributed by atoms with Crippen molar-refractivity contribution < 1.29 is 4.79 Å². The first-order valence-corrected chi connectivity index (χ1v) is 10.3. The Hall–Kier alpha value is -2.19. The number of thiophene rings is 1. The second kappa shape index (κ2) is 7.20. The molecule has 3 aromatic rings. The molecular formula is C18H18N4O2S2. The van der Waals surface area contributed by atoms with Crippen molar-refractivity contribution in [2.75, 3.05) is 11.1 Å². The Bertz CT molecular complexity index is 995. The molecule has 8 heteroatoms. The minimum atomic E-state index is -0.167. The minimum Gasteiger partial charge on any atom is -0.310 e. The lowest BCUT2D eigenvalue weighted by molar-refractivity contribution is -0.113. The van der Waals surface area contributed by atoms with Crippen molar-refractivity contribution in [3.8, 4) is 0 Å². The maximum Gasteiger partial charge on any atom is 0.263 e. The maximum atomic E-state index is 12.9. The summed E-state index contributed by atoms with van der Waals surface area (Å²) < 4.78 is 1.77. The minimum absolute atomic E-state index is 0.0108. The van der Waals surface area contributed by atoms with E-state index in [0.29, 0.717) is 22.3 Å². The fourth-order valence-electron chi connectivity index (χ4n) is 2.90. The van der Waals surface area contributed by atoms with Gasteiger partial charge in [-0.15, -0.1) is 11.3 Å². The number of hydrogen-bond acceptors (Lipinski definition) is 6. The number of hydrogen-bond donors (Lipinski definition) is 1. The number of fused-ring (bicyclic) bond motifs is 1. The largest absolute Gasteiger partial charge is 0.310 e. The third-order valence-corrected chi connectivity index (χ3v) is 6.23. The molecule has 0 spiro atoms. The number of nitrogens with one attached hydrogen (secondary N) is 1. The molecule has 26 heavy (non-hydrogen) atoms. The number of carbonyl (C=O) groups is 1. The predicted octanol–water partition coefficient (Wildman–Crippen LogP) is 3.55. The highest BCUT2D eigenvalue weighted by Crippen LogP contribution is 2.40. The van der Waals surface area contributed by atoms with Gasteiger partial charge in [0.1, 0.15) is 10.6 Å². The third-order valence-electron chi connectivity index (χ3n) is 4.47. The fraction of sp³-hybridized carbons (Fsp3) is 0.333. The van der Waals surface area contributed by atoms with Crippen LogP contribution in [-0.2, 0) is 4.79 Å². The van der Waals surface area contributed by atoms with Crippen LogP contribution in [0.5, 0.6) is 0 Å². The monoisotopic (exact) mass is 386 g/mol. The molecule has 1 saturated carbocycles. The van der Waals surface area contributed by atoms with Gasteiger partial charge >= 0.3 is 0 Å². The first kappa shape index (κ1) is 17.2. The Morgan fingerprint density at radius 1 is 1.42 bits per heavy atom. The van der Waals surface area contributed by atoms with Gasteiger partial charge in [0.15, 0.2) is 5.16 Å². The van der Waals surface area contributed by atoms with Gasteiger partial charge < -0.3 is 5.32 Å². The van der Waals surface area contributed by atoms with E-state index < -0.39 is 0 Å². The molecule has 1 fully saturated rings. The standard InChI is InChI=1S/C18H18N4O2S2/c1-11(12-5-6-12)22-17(24)13-7-9-25-16(13)21-18(22)26-10-15(23)20-14-4-2-3-8-19-14/h2-4,7-9,11-12H,5-6,10H2,1H3,(H,19,20,23). The van der Waals surface area contributed by atoms with E-state index in [0.717, 1.165) is 17.7 Å². The second-order valence-corrected chi connectivity index (χ2v) is 8.18. The lowest BCUT2D eigenvalue weighted by Gasteiger charge is -2.18.